The van der Waals surface area contributed by atoms with Crippen molar-refractivity contribution in [2.75, 3.05) is 18.5 Å². The number of benzene rings is 2. The van der Waals surface area contributed by atoms with Gasteiger partial charge in [-0.25, -0.2) is 0 Å². The molecule has 2 amide bonds. The average Bonchev–Trinajstić information content (AvgIpc) is 2.98. The van der Waals surface area contributed by atoms with Gasteiger partial charge in [0.15, 0.2) is 11.5 Å². The van der Waals surface area contributed by atoms with Gasteiger partial charge in [-0.05, 0) is 29.7 Å². The van der Waals surface area contributed by atoms with Crippen molar-refractivity contribution in [3.05, 3.63) is 53.6 Å². The van der Waals surface area contributed by atoms with Gasteiger partial charge < -0.3 is 19.7 Å². The number of rotatable bonds is 4. The lowest BCUT2D eigenvalue weighted by Gasteiger charge is -2.30. The summed E-state index contributed by atoms with van der Waals surface area (Å²) >= 11 is 0. The number of nitrogens with zero attached hydrogens (tertiary/aromatic N) is 1. The molecule has 2 aliphatic rings. The first-order valence-corrected chi connectivity index (χ1v) is 9.14. The first kappa shape index (κ1) is 17.4. The van der Waals surface area contributed by atoms with E-state index in [1.165, 1.54) is 0 Å². The van der Waals surface area contributed by atoms with E-state index in [0.717, 1.165) is 5.56 Å². The zero-order chi connectivity index (χ0) is 19.0. The smallest absolute Gasteiger partial charge is 0.255 e. The molecular weight excluding hydrogens is 344 g/mol. The molecule has 0 fully saturated rings. The van der Waals surface area contributed by atoms with Crippen LogP contribution >= 0.6 is 0 Å². The Bertz CT molecular complexity index is 894. The van der Waals surface area contributed by atoms with Crippen molar-refractivity contribution < 1.29 is 19.1 Å². The molecule has 2 aliphatic heterocycles. The number of carbonyl (C=O) groups excluding carboxylic acids is 2. The number of anilines is 1. The molecule has 27 heavy (non-hydrogen) atoms. The molecule has 0 radical (unpaired) electrons. The second kappa shape index (κ2) is 6.95. The van der Waals surface area contributed by atoms with E-state index in [1.807, 2.05) is 38.1 Å². The van der Waals surface area contributed by atoms with E-state index in [0.29, 0.717) is 42.5 Å². The molecule has 6 nitrogen and oxygen atoms in total. The molecule has 0 aromatic heterocycles. The Hall–Kier alpha value is -3.02. The highest BCUT2D eigenvalue weighted by Crippen LogP contribution is 2.33. The molecular formula is C21H22N2O4. The van der Waals surface area contributed by atoms with Gasteiger partial charge in [0.25, 0.3) is 5.91 Å². The maximum atomic E-state index is 13.0. The highest BCUT2D eigenvalue weighted by Gasteiger charge is 2.37. The van der Waals surface area contributed by atoms with Crippen LogP contribution in [-0.4, -0.2) is 36.0 Å². The molecule has 0 aliphatic carbocycles. The van der Waals surface area contributed by atoms with Crippen molar-refractivity contribution >= 4 is 17.5 Å². The largest absolute Gasteiger partial charge is 0.486 e. The molecule has 140 valence electrons. The number of nitrogens with one attached hydrogen (secondary N) is 1. The van der Waals surface area contributed by atoms with Crippen LogP contribution < -0.4 is 14.8 Å². The molecule has 1 N–H and O–H groups in total. The van der Waals surface area contributed by atoms with Crippen LogP contribution in [0.3, 0.4) is 0 Å². The molecule has 2 aromatic rings. The molecule has 2 aromatic carbocycles. The third kappa shape index (κ3) is 3.23. The fourth-order valence-corrected chi connectivity index (χ4v) is 3.64. The predicted octanol–water partition coefficient (Wildman–Crippen LogP) is 3.08. The van der Waals surface area contributed by atoms with E-state index >= 15 is 0 Å². The van der Waals surface area contributed by atoms with E-state index in [-0.39, 0.29) is 17.7 Å². The molecule has 1 atom stereocenters. The number of carbonyl (C=O) groups is 2. The lowest BCUT2D eigenvalue weighted by atomic mass is 10.0. The summed E-state index contributed by atoms with van der Waals surface area (Å²) in [6.07, 6.45) is 0. The quantitative estimate of drug-likeness (QED) is 0.903. The highest BCUT2D eigenvalue weighted by molar-refractivity contribution is 6.03. The fraction of sp³-hybridized carbons (Fsp3) is 0.333. The second-order valence-electron chi connectivity index (χ2n) is 7.13. The van der Waals surface area contributed by atoms with E-state index in [9.17, 15) is 9.59 Å². The SMILES string of the molecule is CC(C)C(C(=O)Nc1ccc2c(c1)OCCO2)N1Cc2ccccc2C1=O. The molecule has 4 rings (SSSR count). The molecule has 6 heteroatoms. The Morgan fingerprint density at radius 1 is 1.07 bits per heavy atom. The number of hydrogen-bond acceptors (Lipinski definition) is 4. The monoisotopic (exact) mass is 366 g/mol. The summed E-state index contributed by atoms with van der Waals surface area (Å²) < 4.78 is 11.1. The summed E-state index contributed by atoms with van der Waals surface area (Å²) in [6, 6.07) is 12.3. The van der Waals surface area contributed by atoms with Crippen LogP contribution in [0.4, 0.5) is 5.69 Å². The number of hydrogen-bond donors (Lipinski definition) is 1. The number of fused-ring (bicyclic) bond motifs is 2. The highest BCUT2D eigenvalue weighted by atomic mass is 16.6. The number of amides is 2. The Balaban J connectivity index is 1.55. The Morgan fingerprint density at radius 2 is 1.81 bits per heavy atom. The summed E-state index contributed by atoms with van der Waals surface area (Å²) in [6.45, 7) is 5.35. The summed E-state index contributed by atoms with van der Waals surface area (Å²) in [7, 11) is 0. The minimum absolute atomic E-state index is 0.0273. The van der Waals surface area contributed by atoms with Crippen LogP contribution in [0.5, 0.6) is 11.5 Å². The van der Waals surface area contributed by atoms with E-state index in [1.54, 1.807) is 23.1 Å². The average molecular weight is 366 g/mol. The third-order valence-electron chi connectivity index (χ3n) is 4.89. The molecule has 2 heterocycles. The van der Waals surface area contributed by atoms with E-state index < -0.39 is 6.04 Å². The van der Waals surface area contributed by atoms with Gasteiger partial charge in [0, 0.05) is 23.9 Å². The van der Waals surface area contributed by atoms with Crippen LogP contribution in [0.2, 0.25) is 0 Å². The minimum atomic E-state index is -0.557. The molecule has 1 unspecified atom stereocenters. The lowest BCUT2D eigenvalue weighted by molar-refractivity contribution is -0.122. The zero-order valence-corrected chi connectivity index (χ0v) is 15.4. The van der Waals surface area contributed by atoms with Crippen molar-refractivity contribution in [1.29, 1.82) is 0 Å². The van der Waals surface area contributed by atoms with Gasteiger partial charge in [0.2, 0.25) is 5.91 Å². The van der Waals surface area contributed by atoms with Gasteiger partial charge in [-0.1, -0.05) is 32.0 Å². The maximum Gasteiger partial charge on any atom is 0.255 e. The first-order valence-electron chi connectivity index (χ1n) is 9.14. The van der Waals surface area contributed by atoms with Gasteiger partial charge >= 0.3 is 0 Å². The summed E-state index contributed by atoms with van der Waals surface area (Å²) in [5.74, 6) is 0.958. The molecule has 0 saturated heterocycles. The van der Waals surface area contributed by atoms with Crippen LogP contribution in [0.15, 0.2) is 42.5 Å². The third-order valence-corrected chi connectivity index (χ3v) is 4.89. The zero-order valence-electron chi connectivity index (χ0n) is 15.4. The van der Waals surface area contributed by atoms with Crippen molar-refractivity contribution in [1.82, 2.24) is 4.90 Å². The first-order chi connectivity index (χ1) is 13.0. The van der Waals surface area contributed by atoms with Gasteiger partial charge in [-0.3, -0.25) is 9.59 Å². The molecule has 0 saturated carbocycles. The fourth-order valence-electron chi connectivity index (χ4n) is 3.64. The van der Waals surface area contributed by atoms with Gasteiger partial charge in [-0.2, -0.15) is 0 Å². The van der Waals surface area contributed by atoms with E-state index in [2.05, 4.69) is 5.32 Å². The predicted molar refractivity (Wildman–Crippen MR) is 101 cm³/mol. The van der Waals surface area contributed by atoms with Crippen LogP contribution in [0.1, 0.15) is 29.8 Å². The van der Waals surface area contributed by atoms with Gasteiger partial charge in [0.1, 0.15) is 19.3 Å². The Labute approximate surface area is 158 Å². The summed E-state index contributed by atoms with van der Waals surface area (Å²) in [5, 5.41) is 2.93. The van der Waals surface area contributed by atoms with E-state index in [4.69, 9.17) is 9.47 Å². The van der Waals surface area contributed by atoms with Gasteiger partial charge in [-0.15, -0.1) is 0 Å². The van der Waals surface area contributed by atoms with Crippen molar-refractivity contribution in [2.24, 2.45) is 5.92 Å². The van der Waals surface area contributed by atoms with Crippen molar-refractivity contribution in [3.8, 4) is 11.5 Å². The summed E-state index contributed by atoms with van der Waals surface area (Å²) in [4.78, 5) is 27.5. The van der Waals surface area contributed by atoms with Crippen LogP contribution in [0.25, 0.3) is 0 Å². The van der Waals surface area contributed by atoms with Crippen LogP contribution in [0, 0.1) is 5.92 Å². The molecule has 0 bridgehead atoms. The Morgan fingerprint density at radius 3 is 2.56 bits per heavy atom. The number of ether oxygens (including phenoxy) is 2. The standard InChI is InChI=1S/C21H22N2O4/c1-13(2)19(23-12-14-5-3-4-6-16(14)21(23)25)20(24)22-15-7-8-17-18(11-15)27-10-9-26-17/h3-8,11,13,19H,9-10,12H2,1-2H3,(H,22,24). The molecule has 0 spiro atoms. The van der Waals surface area contributed by atoms with Crippen molar-refractivity contribution in [3.63, 3.8) is 0 Å². The lowest BCUT2D eigenvalue weighted by Crippen LogP contribution is -2.47. The Kier molecular flexibility index (Phi) is 4.48. The maximum absolute atomic E-state index is 13.0. The second-order valence-corrected chi connectivity index (χ2v) is 7.13. The van der Waals surface area contributed by atoms with Crippen molar-refractivity contribution in [2.45, 2.75) is 26.4 Å². The van der Waals surface area contributed by atoms with Crippen LogP contribution in [-0.2, 0) is 11.3 Å². The topological polar surface area (TPSA) is 67.9 Å². The normalized spacial score (nSPS) is 16.3. The minimum Gasteiger partial charge on any atom is -0.486 e. The van der Waals surface area contributed by atoms with Gasteiger partial charge in [0.05, 0.1) is 0 Å². The summed E-state index contributed by atoms with van der Waals surface area (Å²) in [5.41, 5.74) is 2.26.